The number of hydrogen-bond acceptors (Lipinski definition) is 3. The van der Waals surface area contributed by atoms with Crippen LogP contribution >= 0.6 is 0 Å². The van der Waals surface area contributed by atoms with Crippen LogP contribution in [0, 0.1) is 17.6 Å². The van der Waals surface area contributed by atoms with Crippen molar-refractivity contribution in [3.8, 4) is 0 Å². The van der Waals surface area contributed by atoms with Gasteiger partial charge in [0, 0.05) is 57.2 Å². The van der Waals surface area contributed by atoms with Crippen LogP contribution in [0.5, 0.6) is 0 Å². The van der Waals surface area contributed by atoms with Gasteiger partial charge in [0.2, 0.25) is 0 Å². The summed E-state index contributed by atoms with van der Waals surface area (Å²) in [5.74, 6) is -1.25. The van der Waals surface area contributed by atoms with Crippen LogP contribution in [-0.2, 0) is 16.1 Å². The zero-order valence-electron chi connectivity index (χ0n) is 19.8. The van der Waals surface area contributed by atoms with Crippen LogP contribution in [0.1, 0.15) is 35.1 Å². The molecule has 6 heteroatoms. The summed E-state index contributed by atoms with van der Waals surface area (Å²) in [6.07, 6.45) is 0.129. The molecule has 0 radical (unpaired) electrons. The van der Waals surface area contributed by atoms with Crippen molar-refractivity contribution >= 4 is 5.91 Å². The fraction of sp³-hybridized carbons (Fsp3) is 0.345. The van der Waals surface area contributed by atoms with Crippen LogP contribution in [-0.4, -0.2) is 48.5 Å². The van der Waals surface area contributed by atoms with E-state index in [9.17, 15) is 13.6 Å². The van der Waals surface area contributed by atoms with E-state index in [0.717, 1.165) is 24.6 Å². The van der Waals surface area contributed by atoms with E-state index in [2.05, 4.69) is 17.0 Å². The van der Waals surface area contributed by atoms with Gasteiger partial charge < -0.3 is 9.64 Å². The topological polar surface area (TPSA) is 32.8 Å². The Kier molecular flexibility index (Phi) is 6.93. The molecule has 0 saturated carbocycles. The first-order valence-electron chi connectivity index (χ1n) is 12.1. The van der Waals surface area contributed by atoms with Gasteiger partial charge in [-0.1, -0.05) is 66.7 Å². The molecule has 4 nitrogen and oxygen atoms in total. The standard InChI is InChI=1S/C29H30F2N2O2/c1-35-28(21-10-6-3-7-11-21)29(34)32-15-14-27-25(19-32)24(23-13-12-22(30)16-26(23)31)18-33(27)17-20-8-4-2-5-9-20/h2-13,16,24-25,27-28H,14-15,17-19H2,1H3/t24-,25-,27-,28?/m1/s1. The van der Waals surface area contributed by atoms with Crippen molar-refractivity contribution in [1.82, 2.24) is 9.80 Å². The Bertz CT molecular complexity index is 1160. The highest BCUT2D eigenvalue weighted by Crippen LogP contribution is 2.43. The lowest BCUT2D eigenvalue weighted by Crippen LogP contribution is -2.49. The third-order valence-electron chi connectivity index (χ3n) is 7.50. The van der Waals surface area contributed by atoms with Crippen molar-refractivity contribution in [2.75, 3.05) is 26.7 Å². The number of carbonyl (C=O) groups is 1. The number of piperidine rings is 1. The monoisotopic (exact) mass is 476 g/mol. The molecule has 2 aliphatic heterocycles. The number of methoxy groups -OCH3 is 1. The molecule has 4 atom stereocenters. The van der Waals surface area contributed by atoms with E-state index in [-0.39, 0.29) is 23.8 Å². The van der Waals surface area contributed by atoms with E-state index in [1.807, 2.05) is 53.4 Å². The Labute approximate surface area is 205 Å². The quantitative estimate of drug-likeness (QED) is 0.492. The molecule has 2 fully saturated rings. The zero-order chi connectivity index (χ0) is 24.4. The predicted octanol–water partition coefficient (Wildman–Crippen LogP) is 5.17. The summed E-state index contributed by atoms with van der Waals surface area (Å²) in [5, 5.41) is 0. The van der Waals surface area contributed by atoms with E-state index in [1.54, 1.807) is 13.2 Å². The number of nitrogens with zero attached hydrogens (tertiary/aromatic N) is 2. The van der Waals surface area contributed by atoms with Crippen LogP contribution in [0.15, 0.2) is 78.9 Å². The van der Waals surface area contributed by atoms with Gasteiger partial charge in [-0.15, -0.1) is 0 Å². The molecular formula is C29H30F2N2O2. The Balaban J connectivity index is 1.42. The minimum atomic E-state index is -0.671. The molecule has 182 valence electrons. The highest BCUT2D eigenvalue weighted by atomic mass is 19.1. The number of benzene rings is 3. The molecule has 35 heavy (non-hydrogen) atoms. The summed E-state index contributed by atoms with van der Waals surface area (Å²) in [6.45, 7) is 2.57. The van der Waals surface area contributed by atoms with Gasteiger partial charge in [0.05, 0.1) is 0 Å². The SMILES string of the molecule is COC(C(=O)N1CC[C@@H]2[C@H](C1)[C@@H](c1ccc(F)cc1F)CN2Cc1ccccc1)c1ccccc1. The fourth-order valence-corrected chi connectivity index (χ4v) is 5.85. The minimum absolute atomic E-state index is 0.0460. The summed E-state index contributed by atoms with van der Waals surface area (Å²) in [5.41, 5.74) is 2.55. The van der Waals surface area contributed by atoms with Crippen LogP contribution in [0.2, 0.25) is 0 Å². The Morgan fingerprint density at radius 3 is 2.40 bits per heavy atom. The molecule has 0 aromatic heterocycles. The van der Waals surface area contributed by atoms with Crippen molar-refractivity contribution in [3.05, 3.63) is 107 Å². The first kappa shape index (κ1) is 23.6. The van der Waals surface area contributed by atoms with Gasteiger partial charge in [-0.2, -0.15) is 0 Å². The molecule has 2 saturated heterocycles. The summed E-state index contributed by atoms with van der Waals surface area (Å²) < 4.78 is 34.2. The molecule has 2 aliphatic rings. The second-order valence-electron chi connectivity index (χ2n) is 9.52. The Morgan fingerprint density at radius 2 is 1.71 bits per heavy atom. The van der Waals surface area contributed by atoms with E-state index in [1.165, 1.54) is 11.6 Å². The number of ether oxygens (including phenoxy) is 1. The summed E-state index contributed by atoms with van der Waals surface area (Å²) in [4.78, 5) is 17.8. The molecule has 3 aromatic carbocycles. The largest absolute Gasteiger partial charge is 0.367 e. The maximum Gasteiger partial charge on any atom is 0.256 e. The average Bonchev–Trinajstić information content (AvgIpc) is 3.23. The van der Waals surface area contributed by atoms with Crippen LogP contribution in [0.25, 0.3) is 0 Å². The number of hydrogen-bond donors (Lipinski definition) is 0. The highest BCUT2D eigenvalue weighted by molar-refractivity contribution is 5.82. The second kappa shape index (κ2) is 10.3. The Hall–Kier alpha value is -3.09. The molecule has 0 spiro atoms. The van der Waals surface area contributed by atoms with Crippen molar-refractivity contribution < 1.29 is 18.3 Å². The fourth-order valence-electron chi connectivity index (χ4n) is 5.85. The lowest BCUT2D eigenvalue weighted by molar-refractivity contribution is -0.145. The zero-order valence-corrected chi connectivity index (χ0v) is 19.8. The van der Waals surface area contributed by atoms with E-state index in [4.69, 9.17) is 4.74 Å². The van der Waals surface area contributed by atoms with E-state index < -0.39 is 17.7 Å². The number of carbonyl (C=O) groups excluding carboxylic acids is 1. The van der Waals surface area contributed by atoms with Gasteiger partial charge in [0.1, 0.15) is 11.6 Å². The number of rotatable bonds is 6. The van der Waals surface area contributed by atoms with Crippen molar-refractivity contribution in [2.45, 2.75) is 31.0 Å². The number of likely N-dealkylation sites (tertiary alicyclic amines) is 2. The Morgan fingerprint density at radius 1 is 1.00 bits per heavy atom. The molecule has 0 aliphatic carbocycles. The third-order valence-corrected chi connectivity index (χ3v) is 7.50. The van der Waals surface area contributed by atoms with Crippen LogP contribution in [0.4, 0.5) is 8.78 Å². The molecule has 0 N–H and O–H groups in total. The van der Waals surface area contributed by atoms with Gasteiger partial charge in [0.15, 0.2) is 6.10 Å². The summed E-state index contributed by atoms with van der Waals surface area (Å²) in [6, 6.07) is 23.8. The predicted molar refractivity (Wildman–Crippen MR) is 131 cm³/mol. The normalized spacial score (nSPS) is 23.2. The van der Waals surface area contributed by atoms with Crippen molar-refractivity contribution in [1.29, 1.82) is 0 Å². The first-order chi connectivity index (χ1) is 17.0. The van der Waals surface area contributed by atoms with Crippen molar-refractivity contribution in [2.24, 2.45) is 5.92 Å². The smallest absolute Gasteiger partial charge is 0.256 e. The van der Waals surface area contributed by atoms with Gasteiger partial charge in [0.25, 0.3) is 5.91 Å². The lowest BCUT2D eigenvalue weighted by atomic mass is 9.81. The molecule has 1 amide bonds. The minimum Gasteiger partial charge on any atom is -0.367 e. The van der Waals surface area contributed by atoms with E-state index >= 15 is 0 Å². The summed E-state index contributed by atoms with van der Waals surface area (Å²) >= 11 is 0. The molecule has 0 bridgehead atoms. The lowest BCUT2D eigenvalue weighted by Gasteiger charge is -2.40. The number of halogens is 2. The van der Waals surface area contributed by atoms with E-state index in [0.29, 0.717) is 25.2 Å². The van der Waals surface area contributed by atoms with Crippen molar-refractivity contribution in [3.63, 3.8) is 0 Å². The van der Waals surface area contributed by atoms with Gasteiger partial charge in [-0.3, -0.25) is 9.69 Å². The first-order valence-corrected chi connectivity index (χ1v) is 12.1. The maximum absolute atomic E-state index is 14.9. The maximum atomic E-state index is 14.9. The van der Waals surface area contributed by atoms with Gasteiger partial charge in [-0.25, -0.2) is 8.78 Å². The highest BCUT2D eigenvalue weighted by Gasteiger charge is 2.47. The number of fused-ring (bicyclic) bond motifs is 1. The molecule has 3 aromatic rings. The molecule has 2 heterocycles. The third kappa shape index (κ3) is 4.86. The average molecular weight is 477 g/mol. The van der Waals surface area contributed by atoms with Crippen LogP contribution < -0.4 is 0 Å². The second-order valence-corrected chi connectivity index (χ2v) is 9.52. The van der Waals surface area contributed by atoms with Gasteiger partial charge >= 0.3 is 0 Å². The molecular weight excluding hydrogens is 446 g/mol. The summed E-state index contributed by atoms with van der Waals surface area (Å²) in [7, 11) is 1.55. The molecule has 1 unspecified atom stereocenters. The van der Waals surface area contributed by atoms with Crippen LogP contribution in [0.3, 0.4) is 0 Å². The number of amides is 1. The van der Waals surface area contributed by atoms with Gasteiger partial charge in [-0.05, 0) is 29.2 Å². The molecule has 5 rings (SSSR count).